The Morgan fingerprint density at radius 2 is 1.89 bits per heavy atom. The van der Waals surface area contributed by atoms with Gasteiger partial charge in [0, 0.05) is 5.56 Å². The fourth-order valence-electron chi connectivity index (χ4n) is 2.45. The van der Waals surface area contributed by atoms with E-state index in [2.05, 4.69) is 12.1 Å². The topological polar surface area (TPSA) is 41.8 Å². The fourth-order valence-corrected chi connectivity index (χ4v) is 2.45. The molecule has 0 unspecified atom stereocenters. The van der Waals surface area contributed by atoms with Crippen LogP contribution in [0.25, 0.3) is 0 Å². The number of nitrogens with zero attached hydrogens (tertiary/aromatic N) is 1. The maximum atomic E-state index is 8.89. The van der Waals surface area contributed by atoms with E-state index in [0.717, 1.165) is 30.1 Å². The average Bonchev–Trinajstić information content (AvgIpc) is 2.41. The van der Waals surface area contributed by atoms with Crippen LogP contribution in [0.2, 0.25) is 0 Å². The lowest BCUT2D eigenvalue weighted by Crippen LogP contribution is -2.23. The van der Waals surface area contributed by atoms with E-state index >= 15 is 0 Å². The Balaban J connectivity index is 2.09. The molecule has 0 bridgehead atoms. The Bertz CT molecular complexity index is 420. The Morgan fingerprint density at radius 1 is 1.22 bits per heavy atom. The SMILES string of the molecule is C/C(=N/O)c1ccccc1OC1CCC(C)CC1. The molecule has 1 N–H and O–H groups in total. The van der Waals surface area contributed by atoms with Crippen molar-refractivity contribution >= 4 is 5.71 Å². The summed E-state index contributed by atoms with van der Waals surface area (Å²) < 4.78 is 6.07. The number of benzene rings is 1. The zero-order valence-corrected chi connectivity index (χ0v) is 11.1. The van der Waals surface area contributed by atoms with E-state index < -0.39 is 0 Å². The summed E-state index contributed by atoms with van der Waals surface area (Å²) in [6, 6.07) is 7.76. The van der Waals surface area contributed by atoms with Gasteiger partial charge in [-0.3, -0.25) is 0 Å². The molecule has 0 atom stereocenters. The van der Waals surface area contributed by atoms with E-state index in [1.54, 1.807) is 6.92 Å². The van der Waals surface area contributed by atoms with Gasteiger partial charge in [0.05, 0.1) is 11.8 Å². The average molecular weight is 247 g/mol. The van der Waals surface area contributed by atoms with Crippen molar-refractivity contribution in [3.8, 4) is 5.75 Å². The minimum absolute atomic E-state index is 0.300. The third kappa shape index (κ3) is 3.03. The second-order valence-electron chi connectivity index (χ2n) is 5.18. The molecule has 1 aromatic carbocycles. The molecule has 0 saturated heterocycles. The van der Waals surface area contributed by atoms with Gasteiger partial charge in [-0.05, 0) is 50.7 Å². The molecule has 1 fully saturated rings. The molecule has 1 saturated carbocycles. The molecule has 0 aliphatic heterocycles. The second kappa shape index (κ2) is 5.89. The van der Waals surface area contributed by atoms with Crippen LogP contribution in [0.15, 0.2) is 29.4 Å². The van der Waals surface area contributed by atoms with E-state index in [1.165, 1.54) is 12.8 Å². The number of hydrogen-bond acceptors (Lipinski definition) is 3. The summed E-state index contributed by atoms with van der Waals surface area (Å²) in [5.74, 6) is 1.65. The third-order valence-corrected chi connectivity index (χ3v) is 3.68. The van der Waals surface area contributed by atoms with Crippen LogP contribution in [-0.4, -0.2) is 17.0 Å². The zero-order chi connectivity index (χ0) is 13.0. The standard InChI is InChI=1S/C15H21NO2/c1-11-7-9-13(10-8-11)18-15-6-4-3-5-14(15)12(2)16-17/h3-6,11,13,17H,7-10H2,1-2H3/b16-12-. The van der Waals surface area contributed by atoms with Gasteiger partial charge in [0.2, 0.25) is 0 Å². The van der Waals surface area contributed by atoms with Crippen LogP contribution >= 0.6 is 0 Å². The highest BCUT2D eigenvalue weighted by molar-refractivity contribution is 6.00. The van der Waals surface area contributed by atoms with Crippen LogP contribution in [0.1, 0.15) is 45.1 Å². The lowest BCUT2D eigenvalue weighted by atomic mass is 9.89. The van der Waals surface area contributed by atoms with Crippen molar-refractivity contribution < 1.29 is 9.94 Å². The third-order valence-electron chi connectivity index (χ3n) is 3.68. The molecule has 18 heavy (non-hydrogen) atoms. The molecule has 0 heterocycles. The van der Waals surface area contributed by atoms with Crippen LogP contribution < -0.4 is 4.74 Å². The molecule has 1 aromatic rings. The number of ether oxygens (including phenoxy) is 1. The lowest BCUT2D eigenvalue weighted by Gasteiger charge is -2.27. The summed E-state index contributed by atoms with van der Waals surface area (Å²) in [6.45, 7) is 4.08. The van der Waals surface area contributed by atoms with Gasteiger partial charge in [-0.1, -0.05) is 24.2 Å². The smallest absolute Gasteiger partial charge is 0.128 e. The number of hydrogen-bond donors (Lipinski definition) is 1. The lowest BCUT2D eigenvalue weighted by molar-refractivity contribution is 0.135. The van der Waals surface area contributed by atoms with Gasteiger partial charge in [0.1, 0.15) is 5.75 Å². The molecule has 1 aliphatic rings. The summed E-state index contributed by atoms with van der Waals surface area (Å²) in [4.78, 5) is 0. The molecule has 0 amide bonds. The summed E-state index contributed by atoms with van der Waals surface area (Å²) in [5, 5.41) is 12.1. The zero-order valence-electron chi connectivity index (χ0n) is 11.1. The van der Waals surface area contributed by atoms with Gasteiger partial charge in [0.15, 0.2) is 0 Å². The first kappa shape index (κ1) is 12.9. The van der Waals surface area contributed by atoms with Gasteiger partial charge in [-0.2, -0.15) is 0 Å². The largest absolute Gasteiger partial charge is 0.490 e. The number of oxime groups is 1. The van der Waals surface area contributed by atoms with E-state index in [0.29, 0.717) is 11.8 Å². The van der Waals surface area contributed by atoms with Gasteiger partial charge in [-0.25, -0.2) is 0 Å². The highest BCUT2D eigenvalue weighted by atomic mass is 16.5. The maximum Gasteiger partial charge on any atom is 0.128 e. The normalized spacial score (nSPS) is 24.9. The summed E-state index contributed by atoms with van der Waals surface area (Å²) in [6.07, 6.45) is 5.00. The molecular formula is C15H21NO2. The van der Waals surface area contributed by atoms with Gasteiger partial charge >= 0.3 is 0 Å². The van der Waals surface area contributed by atoms with E-state index in [-0.39, 0.29) is 0 Å². The van der Waals surface area contributed by atoms with E-state index in [4.69, 9.17) is 9.94 Å². The van der Waals surface area contributed by atoms with Gasteiger partial charge in [-0.15, -0.1) is 0 Å². The van der Waals surface area contributed by atoms with Crippen LogP contribution in [0.3, 0.4) is 0 Å². The molecule has 0 aromatic heterocycles. The van der Waals surface area contributed by atoms with Crippen molar-refractivity contribution in [2.75, 3.05) is 0 Å². The Hall–Kier alpha value is -1.51. The van der Waals surface area contributed by atoms with Crippen molar-refractivity contribution in [1.82, 2.24) is 0 Å². The predicted molar refractivity (Wildman–Crippen MR) is 72.5 cm³/mol. The molecular weight excluding hydrogens is 226 g/mol. The predicted octanol–water partition coefficient (Wildman–Crippen LogP) is 3.84. The summed E-state index contributed by atoms with van der Waals surface area (Å²) in [5.41, 5.74) is 1.47. The van der Waals surface area contributed by atoms with Crippen molar-refractivity contribution in [3.63, 3.8) is 0 Å². The second-order valence-corrected chi connectivity index (χ2v) is 5.18. The Labute approximate surface area is 108 Å². The van der Waals surface area contributed by atoms with Crippen molar-refractivity contribution in [2.24, 2.45) is 11.1 Å². The molecule has 0 radical (unpaired) electrons. The van der Waals surface area contributed by atoms with Gasteiger partial charge in [0.25, 0.3) is 0 Å². The first-order valence-electron chi connectivity index (χ1n) is 6.65. The van der Waals surface area contributed by atoms with Crippen LogP contribution in [-0.2, 0) is 0 Å². The summed E-state index contributed by atoms with van der Waals surface area (Å²) in [7, 11) is 0. The monoisotopic (exact) mass is 247 g/mol. The molecule has 3 heteroatoms. The maximum absolute atomic E-state index is 8.89. The molecule has 1 aliphatic carbocycles. The molecule has 3 nitrogen and oxygen atoms in total. The number of rotatable bonds is 3. The first-order valence-corrected chi connectivity index (χ1v) is 6.65. The minimum Gasteiger partial charge on any atom is -0.490 e. The summed E-state index contributed by atoms with van der Waals surface area (Å²) >= 11 is 0. The number of para-hydroxylation sites is 1. The van der Waals surface area contributed by atoms with Crippen molar-refractivity contribution in [1.29, 1.82) is 0 Å². The molecule has 2 rings (SSSR count). The van der Waals surface area contributed by atoms with Crippen LogP contribution in [0.5, 0.6) is 5.75 Å². The molecule has 0 spiro atoms. The van der Waals surface area contributed by atoms with Crippen molar-refractivity contribution in [2.45, 2.75) is 45.6 Å². The van der Waals surface area contributed by atoms with Crippen molar-refractivity contribution in [3.05, 3.63) is 29.8 Å². The minimum atomic E-state index is 0.300. The fraction of sp³-hybridized carbons (Fsp3) is 0.533. The Morgan fingerprint density at radius 3 is 2.56 bits per heavy atom. The first-order chi connectivity index (χ1) is 8.70. The van der Waals surface area contributed by atoms with Crippen LogP contribution in [0.4, 0.5) is 0 Å². The van der Waals surface area contributed by atoms with E-state index in [9.17, 15) is 0 Å². The highest BCUT2D eigenvalue weighted by Gasteiger charge is 2.20. The highest BCUT2D eigenvalue weighted by Crippen LogP contribution is 2.28. The van der Waals surface area contributed by atoms with Crippen LogP contribution in [0, 0.1) is 5.92 Å². The quantitative estimate of drug-likeness (QED) is 0.501. The van der Waals surface area contributed by atoms with Gasteiger partial charge < -0.3 is 9.94 Å². The Kier molecular flexibility index (Phi) is 4.24. The molecule has 98 valence electrons. The van der Waals surface area contributed by atoms with E-state index in [1.807, 2.05) is 24.3 Å².